The maximum absolute atomic E-state index is 5.42. The molecule has 0 fully saturated rings. The Hall–Kier alpha value is -1.32. The predicted molar refractivity (Wildman–Crippen MR) is 69.1 cm³/mol. The minimum absolute atomic E-state index is 0.271. The van der Waals surface area contributed by atoms with Gasteiger partial charge in [0.05, 0.1) is 7.11 Å². The highest BCUT2D eigenvalue weighted by Crippen LogP contribution is 2.13. The van der Waals surface area contributed by atoms with Crippen molar-refractivity contribution in [3.05, 3.63) is 35.9 Å². The van der Waals surface area contributed by atoms with E-state index in [0.717, 1.165) is 11.3 Å². The Morgan fingerprint density at radius 3 is 2.12 bits per heavy atom. The van der Waals surface area contributed by atoms with E-state index in [1.807, 2.05) is 50.3 Å². The van der Waals surface area contributed by atoms with E-state index in [-0.39, 0.29) is 6.29 Å². The second kappa shape index (κ2) is 7.87. The van der Waals surface area contributed by atoms with Crippen molar-refractivity contribution in [1.82, 2.24) is 0 Å². The van der Waals surface area contributed by atoms with Crippen molar-refractivity contribution in [2.24, 2.45) is 0 Å². The van der Waals surface area contributed by atoms with Gasteiger partial charge in [-0.05, 0) is 37.6 Å². The van der Waals surface area contributed by atoms with Crippen molar-refractivity contribution >= 4 is 6.08 Å². The first-order valence-corrected chi connectivity index (χ1v) is 5.85. The summed E-state index contributed by atoms with van der Waals surface area (Å²) in [5, 5.41) is 0. The molecular formula is C14H20O3. The van der Waals surface area contributed by atoms with E-state index >= 15 is 0 Å². The van der Waals surface area contributed by atoms with Crippen LogP contribution in [-0.2, 0) is 9.47 Å². The summed E-state index contributed by atoms with van der Waals surface area (Å²) < 4.78 is 15.9. The summed E-state index contributed by atoms with van der Waals surface area (Å²) in [4.78, 5) is 0. The van der Waals surface area contributed by atoms with E-state index < -0.39 is 0 Å². The van der Waals surface area contributed by atoms with Crippen LogP contribution in [0.1, 0.15) is 19.4 Å². The third-order valence-electron chi connectivity index (χ3n) is 2.22. The van der Waals surface area contributed by atoms with E-state index in [4.69, 9.17) is 14.2 Å². The molecular weight excluding hydrogens is 216 g/mol. The molecule has 0 heterocycles. The summed E-state index contributed by atoms with van der Waals surface area (Å²) in [6.07, 6.45) is 3.62. The van der Waals surface area contributed by atoms with Crippen LogP contribution >= 0.6 is 0 Å². The highest BCUT2D eigenvalue weighted by Gasteiger charge is 2.01. The van der Waals surface area contributed by atoms with Crippen molar-refractivity contribution in [2.75, 3.05) is 20.3 Å². The molecule has 17 heavy (non-hydrogen) atoms. The molecule has 0 aliphatic carbocycles. The molecule has 0 aromatic heterocycles. The van der Waals surface area contributed by atoms with Gasteiger partial charge < -0.3 is 14.2 Å². The quantitative estimate of drug-likeness (QED) is 0.681. The van der Waals surface area contributed by atoms with Crippen LogP contribution in [0, 0.1) is 0 Å². The van der Waals surface area contributed by atoms with Crippen LogP contribution in [0.5, 0.6) is 5.75 Å². The summed E-state index contributed by atoms with van der Waals surface area (Å²) in [6.45, 7) is 5.18. The first-order chi connectivity index (χ1) is 8.30. The Bertz CT molecular complexity index is 324. The summed E-state index contributed by atoms with van der Waals surface area (Å²) >= 11 is 0. The molecule has 0 aliphatic heterocycles. The molecule has 1 rings (SSSR count). The molecule has 3 heteroatoms. The zero-order chi connectivity index (χ0) is 12.5. The zero-order valence-corrected chi connectivity index (χ0v) is 10.7. The van der Waals surface area contributed by atoms with Gasteiger partial charge in [0.25, 0.3) is 0 Å². The molecule has 0 saturated carbocycles. The maximum atomic E-state index is 5.42. The van der Waals surface area contributed by atoms with Gasteiger partial charge in [0, 0.05) is 13.2 Å². The van der Waals surface area contributed by atoms with Crippen molar-refractivity contribution in [2.45, 2.75) is 20.1 Å². The lowest BCUT2D eigenvalue weighted by atomic mass is 10.2. The summed E-state index contributed by atoms with van der Waals surface area (Å²) in [5.74, 6) is 0.855. The van der Waals surface area contributed by atoms with Crippen LogP contribution in [0.25, 0.3) is 6.08 Å². The van der Waals surface area contributed by atoms with Gasteiger partial charge in [-0.25, -0.2) is 0 Å². The standard InChI is InChI=1S/C14H20O3/c1-4-16-14(17-5-2)11-8-12-6-9-13(15-3)10-7-12/h6-11,14H,4-5H2,1-3H3/b11-8+. The van der Waals surface area contributed by atoms with E-state index in [1.165, 1.54) is 0 Å². The normalized spacial score (nSPS) is 11.3. The highest BCUT2D eigenvalue weighted by atomic mass is 16.7. The molecule has 94 valence electrons. The van der Waals surface area contributed by atoms with Gasteiger partial charge in [0.1, 0.15) is 5.75 Å². The van der Waals surface area contributed by atoms with Gasteiger partial charge in [0.15, 0.2) is 6.29 Å². The lowest BCUT2D eigenvalue weighted by molar-refractivity contribution is -0.103. The van der Waals surface area contributed by atoms with Gasteiger partial charge in [-0.1, -0.05) is 18.2 Å². The van der Waals surface area contributed by atoms with Gasteiger partial charge in [0.2, 0.25) is 0 Å². The van der Waals surface area contributed by atoms with E-state index in [0.29, 0.717) is 13.2 Å². The smallest absolute Gasteiger partial charge is 0.177 e. The van der Waals surface area contributed by atoms with Crippen LogP contribution in [0.3, 0.4) is 0 Å². The van der Waals surface area contributed by atoms with Gasteiger partial charge >= 0.3 is 0 Å². The third-order valence-corrected chi connectivity index (χ3v) is 2.22. The first kappa shape index (κ1) is 13.7. The SMILES string of the molecule is CCOC(/C=C/c1ccc(OC)cc1)OCC. The number of ether oxygens (including phenoxy) is 3. The average molecular weight is 236 g/mol. The fraction of sp³-hybridized carbons (Fsp3) is 0.429. The maximum Gasteiger partial charge on any atom is 0.177 e. The Morgan fingerprint density at radius 1 is 1.06 bits per heavy atom. The Balaban J connectivity index is 2.59. The number of rotatable bonds is 7. The third kappa shape index (κ3) is 5.02. The van der Waals surface area contributed by atoms with E-state index in [2.05, 4.69) is 0 Å². The molecule has 0 radical (unpaired) electrons. The fourth-order valence-corrected chi connectivity index (χ4v) is 1.39. The topological polar surface area (TPSA) is 27.7 Å². The molecule has 0 amide bonds. The number of hydrogen-bond acceptors (Lipinski definition) is 3. The van der Waals surface area contributed by atoms with Crippen molar-refractivity contribution in [3.8, 4) is 5.75 Å². The van der Waals surface area contributed by atoms with Crippen LogP contribution in [-0.4, -0.2) is 26.6 Å². The molecule has 0 bridgehead atoms. The molecule has 3 nitrogen and oxygen atoms in total. The molecule has 0 aliphatic rings. The predicted octanol–water partition coefficient (Wildman–Crippen LogP) is 3.11. The molecule has 0 atom stereocenters. The molecule has 1 aromatic carbocycles. The van der Waals surface area contributed by atoms with Crippen molar-refractivity contribution in [1.29, 1.82) is 0 Å². The van der Waals surface area contributed by atoms with Gasteiger partial charge in [-0.3, -0.25) is 0 Å². The Morgan fingerprint density at radius 2 is 1.65 bits per heavy atom. The molecule has 0 unspecified atom stereocenters. The molecule has 0 saturated heterocycles. The molecule has 1 aromatic rings. The minimum atomic E-state index is -0.271. The van der Waals surface area contributed by atoms with Crippen LogP contribution < -0.4 is 4.74 Å². The number of hydrogen-bond donors (Lipinski definition) is 0. The van der Waals surface area contributed by atoms with Crippen molar-refractivity contribution in [3.63, 3.8) is 0 Å². The summed E-state index contributed by atoms with van der Waals surface area (Å²) in [5.41, 5.74) is 1.09. The highest BCUT2D eigenvalue weighted by molar-refractivity contribution is 5.50. The summed E-state index contributed by atoms with van der Waals surface area (Å²) in [6, 6.07) is 7.83. The average Bonchev–Trinajstić information content (AvgIpc) is 2.37. The number of benzene rings is 1. The van der Waals surface area contributed by atoms with Crippen LogP contribution in [0.2, 0.25) is 0 Å². The second-order valence-corrected chi connectivity index (χ2v) is 3.41. The monoisotopic (exact) mass is 236 g/mol. The van der Waals surface area contributed by atoms with Crippen molar-refractivity contribution < 1.29 is 14.2 Å². The van der Waals surface area contributed by atoms with Gasteiger partial charge in [-0.2, -0.15) is 0 Å². The lowest BCUT2D eigenvalue weighted by Crippen LogP contribution is -2.13. The Kier molecular flexibility index (Phi) is 6.37. The van der Waals surface area contributed by atoms with Crippen LogP contribution in [0.15, 0.2) is 30.3 Å². The minimum Gasteiger partial charge on any atom is -0.497 e. The number of methoxy groups -OCH3 is 1. The van der Waals surface area contributed by atoms with E-state index in [9.17, 15) is 0 Å². The first-order valence-electron chi connectivity index (χ1n) is 5.85. The van der Waals surface area contributed by atoms with Crippen LogP contribution in [0.4, 0.5) is 0 Å². The molecule has 0 spiro atoms. The fourth-order valence-electron chi connectivity index (χ4n) is 1.39. The Labute approximate surface area is 103 Å². The van der Waals surface area contributed by atoms with Gasteiger partial charge in [-0.15, -0.1) is 0 Å². The summed E-state index contributed by atoms with van der Waals surface area (Å²) in [7, 11) is 1.66. The molecule has 0 N–H and O–H groups in total. The second-order valence-electron chi connectivity index (χ2n) is 3.41. The largest absolute Gasteiger partial charge is 0.497 e. The van der Waals surface area contributed by atoms with E-state index in [1.54, 1.807) is 7.11 Å². The zero-order valence-electron chi connectivity index (χ0n) is 10.7. The lowest BCUT2D eigenvalue weighted by Gasteiger charge is -2.12.